The molecule has 0 radical (unpaired) electrons. The Morgan fingerprint density at radius 2 is 2.07 bits per heavy atom. The third-order valence-electron chi connectivity index (χ3n) is 2.02. The molecule has 1 aliphatic rings. The number of nitrogens with zero attached hydrogens (tertiary/aromatic N) is 2. The summed E-state index contributed by atoms with van der Waals surface area (Å²) in [6, 6.07) is 0. The quantitative estimate of drug-likeness (QED) is 0.881. The topological polar surface area (TPSA) is 51.4 Å². The van der Waals surface area contributed by atoms with Crippen molar-refractivity contribution in [3.63, 3.8) is 0 Å². The molecule has 1 aliphatic heterocycles. The lowest BCUT2D eigenvalue weighted by Crippen LogP contribution is -2.36. The summed E-state index contributed by atoms with van der Waals surface area (Å²) in [6.07, 6.45) is 1.86. The van der Waals surface area contributed by atoms with E-state index in [2.05, 4.69) is 9.88 Å². The molecule has 0 atom stereocenters. The van der Waals surface area contributed by atoms with E-state index in [-0.39, 0.29) is 24.8 Å². The molecule has 1 saturated heterocycles. The number of ether oxygens (including phenoxy) is 1. The zero-order valence-electron chi connectivity index (χ0n) is 8.22. The van der Waals surface area contributed by atoms with Crippen LogP contribution in [-0.2, 0) is 11.3 Å². The largest absolute Gasteiger partial charge is 0.378 e. The summed E-state index contributed by atoms with van der Waals surface area (Å²) in [7, 11) is 0. The number of morpholine rings is 1. The minimum atomic E-state index is 0. The average molecular weight is 272 g/mol. The maximum Gasteiger partial charge on any atom is 0.185 e. The third-order valence-corrected chi connectivity index (χ3v) is 3.10. The molecule has 15 heavy (non-hydrogen) atoms. The Kier molecular flexibility index (Phi) is 7.21. The van der Waals surface area contributed by atoms with Gasteiger partial charge in [0.25, 0.3) is 0 Å². The number of rotatable bonds is 2. The fraction of sp³-hybridized carbons (Fsp3) is 0.625. The van der Waals surface area contributed by atoms with Crippen LogP contribution in [0.25, 0.3) is 0 Å². The van der Waals surface area contributed by atoms with Gasteiger partial charge in [-0.1, -0.05) is 0 Å². The van der Waals surface area contributed by atoms with Crippen molar-refractivity contribution in [3.05, 3.63) is 11.1 Å². The van der Waals surface area contributed by atoms with E-state index in [1.165, 1.54) is 0 Å². The lowest BCUT2D eigenvalue weighted by Gasteiger charge is -2.25. The fourth-order valence-electron chi connectivity index (χ4n) is 1.29. The molecule has 0 amide bonds. The monoisotopic (exact) mass is 271 g/mol. The second-order valence-corrected chi connectivity index (χ2v) is 4.01. The number of anilines is 1. The SMILES string of the molecule is Cl.Cl.NCc1cnc(N2CCOCC2)s1. The van der Waals surface area contributed by atoms with Crippen LogP contribution in [0, 0.1) is 0 Å². The van der Waals surface area contributed by atoms with Gasteiger partial charge in [-0.05, 0) is 0 Å². The first-order chi connectivity index (χ1) is 6.40. The molecular weight excluding hydrogens is 257 g/mol. The number of aromatic nitrogens is 1. The molecule has 0 bridgehead atoms. The summed E-state index contributed by atoms with van der Waals surface area (Å²) in [4.78, 5) is 7.70. The molecule has 0 saturated carbocycles. The first kappa shape index (κ1) is 14.9. The fourth-order valence-corrected chi connectivity index (χ4v) is 2.13. The Labute approximate surface area is 106 Å². The molecule has 0 aliphatic carbocycles. The summed E-state index contributed by atoms with van der Waals surface area (Å²) < 4.78 is 5.26. The minimum Gasteiger partial charge on any atom is -0.378 e. The molecule has 2 rings (SSSR count). The van der Waals surface area contributed by atoms with Crippen LogP contribution < -0.4 is 10.6 Å². The van der Waals surface area contributed by atoms with Crippen molar-refractivity contribution in [2.45, 2.75) is 6.54 Å². The van der Waals surface area contributed by atoms with E-state index in [1.54, 1.807) is 11.3 Å². The summed E-state index contributed by atoms with van der Waals surface area (Å²) >= 11 is 1.67. The first-order valence-electron chi connectivity index (χ1n) is 4.37. The van der Waals surface area contributed by atoms with Crippen molar-refractivity contribution in [3.8, 4) is 0 Å². The van der Waals surface area contributed by atoms with Crippen LogP contribution in [0.1, 0.15) is 4.88 Å². The predicted octanol–water partition coefficient (Wildman–Crippen LogP) is 1.28. The Balaban J connectivity index is 0.000000980. The van der Waals surface area contributed by atoms with Crippen molar-refractivity contribution < 1.29 is 4.74 Å². The van der Waals surface area contributed by atoms with Gasteiger partial charge in [-0.2, -0.15) is 0 Å². The number of halogens is 2. The zero-order chi connectivity index (χ0) is 9.10. The summed E-state index contributed by atoms with van der Waals surface area (Å²) in [5, 5.41) is 1.07. The van der Waals surface area contributed by atoms with Crippen LogP contribution in [0.15, 0.2) is 6.20 Å². The molecule has 0 spiro atoms. The van der Waals surface area contributed by atoms with Crippen LogP contribution in [-0.4, -0.2) is 31.3 Å². The predicted molar refractivity (Wildman–Crippen MR) is 67.5 cm³/mol. The normalized spacial score (nSPS) is 15.4. The van der Waals surface area contributed by atoms with E-state index in [4.69, 9.17) is 10.5 Å². The number of hydrogen-bond acceptors (Lipinski definition) is 5. The van der Waals surface area contributed by atoms with Gasteiger partial charge in [0.15, 0.2) is 5.13 Å². The van der Waals surface area contributed by atoms with Gasteiger partial charge in [-0.3, -0.25) is 0 Å². The van der Waals surface area contributed by atoms with Crippen LogP contribution in [0.2, 0.25) is 0 Å². The molecule has 88 valence electrons. The lowest BCUT2D eigenvalue weighted by atomic mass is 10.5. The molecule has 2 heterocycles. The van der Waals surface area contributed by atoms with E-state index in [0.29, 0.717) is 6.54 Å². The van der Waals surface area contributed by atoms with Gasteiger partial charge in [0.1, 0.15) is 0 Å². The van der Waals surface area contributed by atoms with Crippen molar-refractivity contribution in [1.82, 2.24) is 4.98 Å². The average Bonchev–Trinajstić information content (AvgIpc) is 2.67. The van der Waals surface area contributed by atoms with Crippen LogP contribution in [0.5, 0.6) is 0 Å². The molecule has 4 nitrogen and oxygen atoms in total. The maximum atomic E-state index is 5.52. The van der Waals surface area contributed by atoms with E-state index in [1.807, 2.05) is 6.20 Å². The summed E-state index contributed by atoms with van der Waals surface area (Å²) in [6.45, 7) is 4.08. The van der Waals surface area contributed by atoms with Crippen LogP contribution in [0.4, 0.5) is 5.13 Å². The zero-order valence-corrected chi connectivity index (χ0v) is 10.7. The van der Waals surface area contributed by atoms with Gasteiger partial charge in [0, 0.05) is 30.7 Å². The highest BCUT2D eigenvalue weighted by Gasteiger charge is 2.13. The van der Waals surface area contributed by atoms with E-state index in [0.717, 1.165) is 36.3 Å². The van der Waals surface area contributed by atoms with Gasteiger partial charge in [-0.25, -0.2) is 4.98 Å². The van der Waals surface area contributed by atoms with Crippen molar-refractivity contribution >= 4 is 41.3 Å². The standard InChI is InChI=1S/C8H13N3OS.2ClH/c9-5-7-6-10-8(13-7)11-1-3-12-4-2-11;;/h6H,1-5,9H2;2*1H. The van der Waals surface area contributed by atoms with E-state index >= 15 is 0 Å². The minimum absolute atomic E-state index is 0. The molecular formula is C8H15Cl2N3OS. The molecule has 2 N–H and O–H groups in total. The second-order valence-electron chi connectivity index (χ2n) is 2.91. The maximum absolute atomic E-state index is 5.52. The number of hydrogen-bond donors (Lipinski definition) is 1. The highest BCUT2D eigenvalue weighted by Crippen LogP contribution is 2.22. The van der Waals surface area contributed by atoms with Crippen molar-refractivity contribution in [1.29, 1.82) is 0 Å². The first-order valence-corrected chi connectivity index (χ1v) is 5.19. The smallest absolute Gasteiger partial charge is 0.185 e. The number of thiazole rings is 1. The van der Waals surface area contributed by atoms with Gasteiger partial charge in [0.2, 0.25) is 0 Å². The van der Waals surface area contributed by atoms with Crippen molar-refractivity contribution in [2.75, 3.05) is 31.2 Å². The molecule has 1 aromatic heterocycles. The highest BCUT2D eigenvalue weighted by atomic mass is 35.5. The molecule has 1 aromatic rings. The third kappa shape index (κ3) is 3.77. The molecule has 0 aromatic carbocycles. The Morgan fingerprint density at radius 3 is 2.60 bits per heavy atom. The van der Waals surface area contributed by atoms with Crippen LogP contribution >= 0.6 is 36.2 Å². The van der Waals surface area contributed by atoms with E-state index in [9.17, 15) is 0 Å². The lowest BCUT2D eigenvalue weighted by molar-refractivity contribution is 0.122. The molecule has 0 unspecified atom stereocenters. The van der Waals surface area contributed by atoms with E-state index < -0.39 is 0 Å². The summed E-state index contributed by atoms with van der Waals surface area (Å²) in [5.41, 5.74) is 5.52. The number of nitrogens with two attached hydrogens (primary N) is 1. The van der Waals surface area contributed by atoms with Gasteiger partial charge >= 0.3 is 0 Å². The Bertz CT molecular complexity index is 279. The highest BCUT2D eigenvalue weighted by molar-refractivity contribution is 7.15. The van der Waals surface area contributed by atoms with Gasteiger partial charge in [-0.15, -0.1) is 36.2 Å². The van der Waals surface area contributed by atoms with Gasteiger partial charge < -0.3 is 15.4 Å². The Morgan fingerprint density at radius 1 is 1.40 bits per heavy atom. The molecule has 7 heteroatoms. The van der Waals surface area contributed by atoms with Crippen molar-refractivity contribution in [2.24, 2.45) is 5.73 Å². The van der Waals surface area contributed by atoms with Crippen LogP contribution in [0.3, 0.4) is 0 Å². The molecule has 1 fully saturated rings. The van der Waals surface area contributed by atoms with Gasteiger partial charge in [0.05, 0.1) is 13.2 Å². The Hall–Kier alpha value is -0.0700. The summed E-state index contributed by atoms with van der Waals surface area (Å²) in [5.74, 6) is 0. The second kappa shape index (κ2) is 7.24.